The Balaban J connectivity index is 1.47. The van der Waals surface area contributed by atoms with E-state index in [2.05, 4.69) is 26.2 Å². The Morgan fingerprint density at radius 1 is 1.30 bits per heavy atom. The summed E-state index contributed by atoms with van der Waals surface area (Å²) in [7, 11) is 3.27. The quantitative estimate of drug-likeness (QED) is 0.395. The van der Waals surface area contributed by atoms with Gasteiger partial charge in [0, 0.05) is 25.6 Å². The zero-order chi connectivity index (χ0) is 28.8. The molecule has 1 N–H and O–H groups in total. The summed E-state index contributed by atoms with van der Waals surface area (Å²) in [6.45, 7) is 1.83. The molecule has 3 aromatic rings. The van der Waals surface area contributed by atoms with Crippen molar-refractivity contribution in [1.29, 1.82) is 5.26 Å². The lowest BCUT2D eigenvalue weighted by molar-refractivity contribution is -0.274. The number of halogens is 3. The molecule has 2 aliphatic rings. The highest BCUT2D eigenvalue weighted by molar-refractivity contribution is 7.16. The maximum absolute atomic E-state index is 13.4. The van der Waals surface area contributed by atoms with Gasteiger partial charge in [-0.1, -0.05) is 18.3 Å². The Kier molecular flexibility index (Phi) is 7.03. The van der Waals surface area contributed by atoms with Crippen LogP contribution in [0.15, 0.2) is 24.4 Å². The number of hydrogen-bond donors (Lipinski definition) is 1. The number of carbonyl (C=O) groups is 2. The molecule has 0 spiro atoms. The molecular weight excluding hydrogens is 547 g/mol. The fraction of sp³-hybridized carbons (Fsp3) is 0.462. The van der Waals surface area contributed by atoms with Crippen LogP contribution in [0.5, 0.6) is 5.75 Å². The van der Waals surface area contributed by atoms with Crippen LogP contribution in [0.2, 0.25) is 0 Å². The minimum Gasteiger partial charge on any atom is -0.406 e. The van der Waals surface area contributed by atoms with E-state index in [-0.39, 0.29) is 17.4 Å². The maximum Gasteiger partial charge on any atom is 0.573 e. The van der Waals surface area contributed by atoms with Gasteiger partial charge in [-0.2, -0.15) is 9.94 Å². The van der Waals surface area contributed by atoms with E-state index in [0.29, 0.717) is 46.5 Å². The Morgan fingerprint density at radius 3 is 2.60 bits per heavy atom. The van der Waals surface area contributed by atoms with Crippen LogP contribution in [0.3, 0.4) is 0 Å². The van der Waals surface area contributed by atoms with Crippen LogP contribution in [0, 0.1) is 11.3 Å². The smallest absolute Gasteiger partial charge is 0.406 e. The summed E-state index contributed by atoms with van der Waals surface area (Å²) >= 11 is 1.14. The molecule has 40 heavy (non-hydrogen) atoms. The first kappa shape index (κ1) is 27.6. The van der Waals surface area contributed by atoms with Gasteiger partial charge in [-0.05, 0) is 55.9 Å². The van der Waals surface area contributed by atoms with E-state index in [1.54, 1.807) is 14.1 Å². The molecule has 2 aliphatic carbocycles. The molecule has 1 atom stereocenters. The summed E-state index contributed by atoms with van der Waals surface area (Å²) < 4.78 is 44.7. The van der Waals surface area contributed by atoms with E-state index in [1.165, 1.54) is 21.8 Å². The lowest BCUT2D eigenvalue weighted by Crippen LogP contribution is -2.30. The third-order valence-electron chi connectivity index (χ3n) is 6.83. The Hall–Kier alpha value is -3.99. The third kappa shape index (κ3) is 5.65. The molecule has 2 saturated carbocycles. The summed E-state index contributed by atoms with van der Waals surface area (Å²) in [5, 5.41) is 17.5. The number of ether oxygens (including phenoxy) is 1. The van der Waals surface area contributed by atoms with Gasteiger partial charge < -0.3 is 15.0 Å². The standard InChI is InChI=1S/C26H26F3N7O3S/c1-4-18(21-33-20(14-5-6-14)34-36(21)24-31-12-19(40-24)23(38)35(2)3)32-22(37)15-9-16(25(13-30)7-8-25)11-17(10-15)39-26(27,28)29/h9-12,14,18H,4-8H2,1-3H3,(H,32,37)/t18-/m0/s1. The first-order valence-electron chi connectivity index (χ1n) is 12.7. The third-order valence-corrected chi connectivity index (χ3v) is 7.79. The predicted molar refractivity (Wildman–Crippen MR) is 137 cm³/mol. The molecule has 2 amide bonds. The van der Waals surface area contributed by atoms with Crippen LogP contribution in [-0.4, -0.2) is 56.9 Å². The van der Waals surface area contributed by atoms with E-state index in [0.717, 1.165) is 36.3 Å². The Labute approximate surface area is 231 Å². The number of alkyl halides is 3. The van der Waals surface area contributed by atoms with Gasteiger partial charge >= 0.3 is 6.36 Å². The Morgan fingerprint density at radius 2 is 2.02 bits per heavy atom. The van der Waals surface area contributed by atoms with Crippen LogP contribution >= 0.6 is 11.3 Å². The molecule has 2 fully saturated rings. The topological polar surface area (TPSA) is 126 Å². The highest BCUT2D eigenvalue weighted by atomic mass is 32.1. The first-order valence-corrected chi connectivity index (χ1v) is 13.5. The second-order valence-electron chi connectivity index (χ2n) is 10.1. The molecule has 0 unspecified atom stereocenters. The number of carbonyl (C=O) groups excluding carboxylic acids is 2. The van der Waals surface area contributed by atoms with Gasteiger partial charge in [0.2, 0.25) is 5.13 Å². The van der Waals surface area contributed by atoms with Crippen LogP contribution in [-0.2, 0) is 5.41 Å². The van der Waals surface area contributed by atoms with E-state index in [4.69, 9.17) is 4.98 Å². The van der Waals surface area contributed by atoms with Crippen molar-refractivity contribution in [1.82, 2.24) is 30.0 Å². The second kappa shape index (κ2) is 10.2. The molecule has 210 valence electrons. The lowest BCUT2D eigenvalue weighted by Gasteiger charge is -2.18. The van der Waals surface area contributed by atoms with Crippen LogP contribution in [0.1, 0.15) is 88.2 Å². The van der Waals surface area contributed by atoms with E-state index in [9.17, 15) is 28.0 Å². The van der Waals surface area contributed by atoms with Gasteiger partial charge in [-0.3, -0.25) is 9.59 Å². The van der Waals surface area contributed by atoms with Crippen molar-refractivity contribution in [2.75, 3.05) is 14.1 Å². The van der Waals surface area contributed by atoms with Crippen molar-refractivity contribution in [3.8, 4) is 17.0 Å². The van der Waals surface area contributed by atoms with Gasteiger partial charge in [-0.25, -0.2) is 9.97 Å². The number of nitriles is 1. The predicted octanol–water partition coefficient (Wildman–Crippen LogP) is 4.64. The number of benzene rings is 1. The van der Waals surface area contributed by atoms with Crippen LogP contribution in [0.4, 0.5) is 13.2 Å². The number of thiazole rings is 1. The van der Waals surface area contributed by atoms with Gasteiger partial charge in [0.1, 0.15) is 10.6 Å². The van der Waals surface area contributed by atoms with Crippen LogP contribution < -0.4 is 10.1 Å². The normalized spacial score (nSPS) is 16.6. The lowest BCUT2D eigenvalue weighted by atomic mass is 9.95. The van der Waals surface area contributed by atoms with Gasteiger partial charge in [0.15, 0.2) is 11.6 Å². The van der Waals surface area contributed by atoms with Gasteiger partial charge in [0.25, 0.3) is 11.8 Å². The van der Waals surface area contributed by atoms with Crippen molar-refractivity contribution in [3.05, 3.63) is 52.0 Å². The van der Waals surface area contributed by atoms with Crippen molar-refractivity contribution < 1.29 is 27.5 Å². The van der Waals surface area contributed by atoms with Crippen molar-refractivity contribution in [2.24, 2.45) is 0 Å². The average Bonchev–Trinajstić information content (AvgIpc) is 3.82. The molecule has 0 radical (unpaired) electrons. The fourth-order valence-electron chi connectivity index (χ4n) is 4.28. The van der Waals surface area contributed by atoms with Crippen molar-refractivity contribution >= 4 is 23.2 Å². The molecule has 1 aromatic carbocycles. The largest absolute Gasteiger partial charge is 0.573 e. The highest BCUT2D eigenvalue weighted by Crippen LogP contribution is 2.49. The summed E-state index contributed by atoms with van der Waals surface area (Å²) in [5.41, 5.74) is -0.705. The molecule has 10 nitrogen and oxygen atoms in total. The minimum atomic E-state index is -4.96. The fourth-order valence-corrected chi connectivity index (χ4v) is 5.18. The number of nitrogens with one attached hydrogen (secondary N) is 1. The van der Waals surface area contributed by atoms with Crippen LogP contribution in [0.25, 0.3) is 5.13 Å². The monoisotopic (exact) mass is 573 g/mol. The van der Waals surface area contributed by atoms with Crippen molar-refractivity contribution in [2.45, 2.75) is 62.8 Å². The highest BCUT2D eigenvalue weighted by Gasteiger charge is 2.46. The number of amides is 2. The zero-order valence-electron chi connectivity index (χ0n) is 21.9. The van der Waals surface area contributed by atoms with Gasteiger partial charge in [-0.15, -0.1) is 18.3 Å². The van der Waals surface area contributed by atoms with E-state index < -0.39 is 29.5 Å². The molecule has 0 bridgehead atoms. The second-order valence-corrected chi connectivity index (χ2v) is 11.2. The Bertz CT molecular complexity index is 1500. The molecular formula is C26H26F3N7O3S. The molecule has 0 aliphatic heterocycles. The maximum atomic E-state index is 13.4. The minimum absolute atomic E-state index is 0.0710. The summed E-state index contributed by atoms with van der Waals surface area (Å²) in [4.78, 5) is 36.7. The van der Waals surface area contributed by atoms with Crippen molar-refractivity contribution in [3.63, 3.8) is 0 Å². The summed E-state index contributed by atoms with van der Waals surface area (Å²) in [5.74, 6) is -0.240. The molecule has 14 heteroatoms. The first-order chi connectivity index (χ1) is 18.9. The zero-order valence-corrected chi connectivity index (χ0v) is 22.8. The average molecular weight is 574 g/mol. The number of aromatic nitrogens is 4. The molecule has 2 aromatic heterocycles. The van der Waals surface area contributed by atoms with E-state index in [1.807, 2.05) is 6.92 Å². The molecule has 0 saturated heterocycles. The number of hydrogen-bond acceptors (Lipinski definition) is 8. The number of nitrogens with zero attached hydrogens (tertiary/aromatic N) is 6. The summed E-state index contributed by atoms with van der Waals surface area (Å²) in [6, 6.07) is 5.06. The molecule has 2 heterocycles. The number of rotatable bonds is 9. The summed E-state index contributed by atoms with van der Waals surface area (Å²) in [6.07, 6.45) is -0.280. The molecule has 5 rings (SSSR count). The SMILES string of the molecule is CC[C@H](NC(=O)c1cc(OC(F)(F)F)cc(C2(C#N)CC2)c1)c1nc(C2CC2)nn1-c1ncc(C(=O)N(C)C)s1. The van der Waals surface area contributed by atoms with E-state index >= 15 is 0 Å². The van der Waals surface area contributed by atoms with Gasteiger partial charge in [0.05, 0.1) is 23.7 Å².